The zero-order valence-electron chi connectivity index (χ0n) is 18.8. The number of hydrogen-bond donors (Lipinski definition) is 0. The summed E-state index contributed by atoms with van der Waals surface area (Å²) in [5.41, 5.74) is 7.67. The summed E-state index contributed by atoms with van der Waals surface area (Å²) in [5.74, 6) is 0. The van der Waals surface area contributed by atoms with Gasteiger partial charge >= 0.3 is 0 Å². The van der Waals surface area contributed by atoms with Crippen LogP contribution < -0.4 is 0 Å². The first-order valence-corrected chi connectivity index (χ1v) is 11.9. The zero-order chi connectivity index (χ0) is 22.9. The van der Waals surface area contributed by atoms with Gasteiger partial charge in [0.1, 0.15) is 16.8 Å². The molecule has 0 atom stereocenters. The molecule has 0 amide bonds. The van der Waals surface area contributed by atoms with Crippen molar-refractivity contribution >= 4 is 54.8 Å². The molecule has 0 aliphatic carbocycles. The van der Waals surface area contributed by atoms with Gasteiger partial charge in [-0.05, 0) is 48.5 Å². The molecule has 3 nitrogen and oxygen atoms in total. The minimum Gasteiger partial charge on any atom is -0.456 e. The van der Waals surface area contributed by atoms with E-state index >= 15 is 0 Å². The number of fused-ring (bicyclic) bond motifs is 8. The summed E-state index contributed by atoms with van der Waals surface area (Å²) < 4.78 is 10.9. The summed E-state index contributed by atoms with van der Waals surface area (Å²) in [5, 5.41) is 6.06. The van der Waals surface area contributed by atoms with Crippen LogP contribution in [0.4, 0.5) is 0 Å². The van der Waals surface area contributed by atoms with E-state index in [1.54, 1.807) is 0 Å². The molecule has 0 spiro atoms. The van der Waals surface area contributed by atoms with E-state index in [9.17, 15) is 0 Å². The maximum atomic E-state index is 6.13. The standard InChI is InChI=1S/C32H20N2O/c1-2-10-21(11-3-1)33-27-15-7-4-13-24(27)31-25-14-5-8-16-28(25)34(32(31)33)22-18-19-30-26(20-22)23-12-6-9-17-29(23)35-30/h1-20H. The van der Waals surface area contributed by atoms with Gasteiger partial charge in [0.05, 0.1) is 11.0 Å². The van der Waals surface area contributed by atoms with E-state index < -0.39 is 0 Å². The molecule has 8 rings (SSSR count). The van der Waals surface area contributed by atoms with Crippen molar-refractivity contribution in [2.24, 2.45) is 0 Å². The molecule has 164 valence electrons. The smallest absolute Gasteiger partial charge is 0.135 e. The molecular formula is C32H20N2O. The maximum absolute atomic E-state index is 6.13. The first-order valence-electron chi connectivity index (χ1n) is 11.9. The van der Waals surface area contributed by atoms with Crippen molar-refractivity contribution in [3.8, 4) is 11.4 Å². The van der Waals surface area contributed by atoms with E-state index in [-0.39, 0.29) is 0 Å². The summed E-state index contributed by atoms with van der Waals surface area (Å²) in [7, 11) is 0. The second-order valence-electron chi connectivity index (χ2n) is 9.02. The minimum absolute atomic E-state index is 0.909. The molecule has 3 heterocycles. The van der Waals surface area contributed by atoms with Gasteiger partial charge in [0, 0.05) is 38.3 Å². The van der Waals surface area contributed by atoms with Gasteiger partial charge in [0.25, 0.3) is 0 Å². The van der Waals surface area contributed by atoms with E-state index in [2.05, 4.69) is 118 Å². The Kier molecular flexibility index (Phi) is 3.66. The molecule has 0 unspecified atom stereocenters. The Morgan fingerprint density at radius 3 is 1.74 bits per heavy atom. The Bertz CT molecular complexity index is 2050. The number of para-hydroxylation sites is 4. The van der Waals surface area contributed by atoms with E-state index in [4.69, 9.17) is 4.42 Å². The molecule has 5 aromatic carbocycles. The summed E-state index contributed by atoms with van der Waals surface area (Å²) in [4.78, 5) is 0. The van der Waals surface area contributed by atoms with Gasteiger partial charge in [0.15, 0.2) is 0 Å². The van der Waals surface area contributed by atoms with Crippen LogP contribution in [-0.4, -0.2) is 9.13 Å². The third kappa shape index (κ3) is 2.50. The number of nitrogens with zero attached hydrogens (tertiary/aromatic N) is 2. The number of benzene rings is 5. The van der Waals surface area contributed by atoms with Crippen LogP contribution in [0.1, 0.15) is 0 Å². The summed E-state index contributed by atoms with van der Waals surface area (Å²) in [6.45, 7) is 0. The molecule has 0 aliphatic rings. The lowest BCUT2D eigenvalue weighted by molar-refractivity contribution is 0.669. The van der Waals surface area contributed by atoms with Crippen molar-refractivity contribution in [1.29, 1.82) is 0 Å². The van der Waals surface area contributed by atoms with E-state index in [1.165, 1.54) is 32.8 Å². The Labute approximate surface area is 201 Å². The van der Waals surface area contributed by atoms with Gasteiger partial charge < -0.3 is 4.42 Å². The Morgan fingerprint density at radius 2 is 1.00 bits per heavy atom. The predicted octanol–water partition coefficient (Wildman–Crippen LogP) is 8.63. The SMILES string of the molecule is c1ccc(-n2c3ccccc3c3c4ccccc4n(-c4ccc5oc6ccccc6c5c4)c32)cc1. The van der Waals surface area contributed by atoms with Crippen molar-refractivity contribution in [2.75, 3.05) is 0 Å². The summed E-state index contributed by atoms with van der Waals surface area (Å²) >= 11 is 0. The van der Waals surface area contributed by atoms with Crippen LogP contribution in [0.3, 0.4) is 0 Å². The second-order valence-corrected chi connectivity index (χ2v) is 9.02. The second kappa shape index (κ2) is 6.87. The van der Waals surface area contributed by atoms with Crippen molar-refractivity contribution < 1.29 is 4.42 Å². The van der Waals surface area contributed by atoms with Gasteiger partial charge in [-0.3, -0.25) is 9.13 Å². The fourth-order valence-electron chi connectivity index (χ4n) is 5.65. The summed E-state index contributed by atoms with van der Waals surface area (Å²) in [6, 6.07) is 42.8. The third-order valence-corrected chi connectivity index (χ3v) is 7.11. The average Bonchev–Trinajstić information content (AvgIpc) is 3.56. The molecule has 0 N–H and O–H groups in total. The van der Waals surface area contributed by atoms with E-state index in [1.807, 2.05) is 12.1 Å². The molecule has 0 saturated heterocycles. The number of furan rings is 1. The van der Waals surface area contributed by atoms with Crippen molar-refractivity contribution in [3.63, 3.8) is 0 Å². The molecule has 0 aliphatic heterocycles. The van der Waals surface area contributed by atoms with Crippen molar-refractivity contribution in [1.82, 2.24) is 9.13 Å². The molecule has 0 saturated carbocycles. The molecule has 0 bridgehead atoms. The van der Waals surface area contributed by atoms with Crippen LogP contribution in [0.15, 0.2) is 126 Å². The maximum Gasteiger partial charge on any atom is 0.135 e. The monoisotopic (exact) mass is 448 g/mol. The van der Waals surface area contributed by atoms with Crippen molar-refractivity contribution in [3.05, 3.63) is 121 Å². The fourth-order valence-corrected chi connectivity index (χ4v) is 5.65. The molecule has 8 aromatic rings. The van der Waals surface area contributed by atoms with Crippen LogP contribution in [0.5, 0.6) is 0 Å². The van der Waals surface area contributed by atoms with Gasteiger partial charge in [-0.15, -0.1) is 0 Å². The molecule has 35 heavy (non-hydrogen) atoms. The quantitative estimate of drug-likeness (QED) is 0.259. The Hall–Kier alpha value is -4.76. The number of hydrogen-bond acceptors (Lipinski definition) is 1. The average molecular weight is 449 g/mol. The number of rotatable bonds is 2. The van der Waals surface area contributed by atoms with Gasteiger partial charge in [-0.1, -0.05) is 72.8 Å². The predicted molar refractivity (Wildman–Crippen MR) is 145 cm³/mol. The van der Waals surface area contributed by atoms with Gasteiger partial charge in [0.2, 0.25) is 0 Å². The summed E-state index contributed by atoms with van der Waals surface area (Å²) in [6.07, 6.45) is 0. The molecule has 0 radical (unpaired) electrons. The van der Waals surface area contributed by atoms with Crippen LogP contribution in [0.25, 0.3) is 66.2 Å². The molecular weight excluding hydrogens is 428 g/mol. The van der Waals surface area contributed by atoms with Crippen LogP contribution in [-0.2, 0) is 0 Å². The highest BCUT2D eigenvalue weighted by atomic mass is 16.3. The fraction of sp³-hybridized carbons (Fsp3) is 0. The van der Waals surface area contributed by atoms with Gasteiger partial charge in [-0.2, -0.15) is 0 Å². The highest BCUT2D eigenvalue weighted by molar-refractivity contribution is 6.22. The highest BCUT2D eigenvalue weighted by Crippen LogP contribution is 2.41. The van der Waals surface area contributed by atoms with Crippen LogP contribution in [0, 0.1) is 0 Å². The van der Waals surface area contributed by atoms with Crippen LogP contribution >= 0.6 is 0 Å². The van der Waals surface area contributed by atoms with Gasteiger partial charge in [-0.25, -0.2) is 0 Å². The third-order valence-electron chi connectivity index (χ3n) is 7.11. The van der Waals surface area contributed by atoms with Crippen LogP contribution in [0.2, 0.25) is 0 Å². The Balaban J connectivity index is 1.58. The first kappa shape index (κ1) is 18.6. The normalized spacial score (nSPS) is 12.0. The van der Waals surface area contributed by atoms with Crippen molar-refractivity contribution in [2.45, 2.75) is 0 Å². The molecule has 3 aromatic heterocycles. The zero-order valence-corrected chi connectivity index (χ0v) is 18.8. The van der Waals surface area contributed by atoms with E-state index in [0.29, 0.717) is 0 Å². The lowest BCUT2D eigenvalue weighted by Crippen LogP contribution is -2.01. The highest BCUT2D eigenvalue weighted by Gasteiger charge is 2.22. The lowest BCUT2D eigenvalue weighted by atomic mass is 10.1. The largest absolute Gasteiger partial charge is 0.456 e. The lowest BCUT2D eigenvalue weighted by Gasteiger charge is -2.13. The molecule has 0 fully saturated rings. The molecule has 3 heteroatoms. The van der Waals surface area contributed by atoms with E-state index in [0.717, 1.165) is 33.3 Å². The minimum atomic E-state index is 0.909. The number of aromatic nitrogens is 2. The first-order chi connectivity index (χ1) is 17.4. The topological polar surface area (TPSA) is 23.0 Å². The Morgan fingerprint density at radius 1 is 0.429 bits per heavy atom.